The fraction of sp³-hybridized carbons (Fsp3) is 0.167. The van der Waals surface area contributed by atoms with Gasteiger partial charge in [-0.3, -0.25) is 19.7 Å². The van der Waals surface area contributed by atoms with E-state index in [4.69, 9.17) is 11.6 Å². The molecule has 1 aliphatic rings. The number of Topliss-reactive ketones (excluding diaryl/α,β-unsaturated/α-hetero) is 1. The Morgan fingerprint density at radius 3 is 2.53 bits per heavy atom. The van der Waals surface area contributed by atoms with E-state index in [0.717, 1.165) is 11.6 Å². The predicted octanol–water partition coefficient (Wildman–Crippen LogP) is 4.30. The second-order valence-corrected chi connectivity index (χ2v) is 8.06. The third-order valence-corrected chi connectivity index (χ3v) is 5.79. The van der Waals surface area contributed by atoms with Crippen molar-refractivity contribution in [2.24, 2.45) is 0 Å². The van der Waals surface area contributed by atoms with Crippen molar-refractivity contribution in [2.45, 2.75) is 18.4 Å². The summed E-state index contributed by atoms with van der Waals surface area (Å²) in [6.45, 7) is 0.310. The Bertz CT molecular complexity index is 1210. The molecule has 0 fully saturated rings. The van der Waals surface area contributed by atoms with Crippen LogP contribution >= 0.6 is 11.6 Å². The number of fused-ring (bicyclic) bond motifs is 1. The SMILES string of the molecule is O=C(C[C@@]1(O)C(=O)N(CCc2ccccc2)c2ccc(Cl)cc21)c1cccc([N+](=O)[O-])c1. The van der Waals surface area contributed by atoms with E-state index in [-0.39, 0.29) is 16.8 Å². The molecular formula is C24H19ClN2O5. The first-order valence-electron chi connectivity index (χ1n) is 9.95. The van der Waals surface area contributed by atoms with Crippen LogP contribution in [-0.4, -0.2) is 28.3 Å². The van der Waals surface area contributed by atoms with Gasteiger partial charge in [-0.15, -0.1) is 0 Å². The maximum atomic E-state index is 13.3. The van der Waals surface area contributed by atoms with E-state index in [1.807, 2.05) is 30.3 Å². The van der Waals surface area contributed by atoms with E-state index < -0.39 is 28.6 Å². The van der Waals surface area contributed by atoms with Crippen LogP contribution in [0.3, 0.4) is 0 Å². The van der Waals surface area contributed by atoms with Gasteiger partial charge >= 0.3 is 0 Å². The van der Waals surface area contributed by atoms with Crippen molar-refractivity contribution in [3.63, 3.8) is 0 Å². The number of non-ortho nitro benzene ring substituents is 1. The van der Waals surface area contributed by atoms with Gasteiger partial charge in [-0.05, 0) is 30.2 Å². The number of halogens is 1. The summed E-state index contributed by atoms with van der Waals surface area (Å²) in [5.41, 5.74) is -0.538. The number of hydrogen-bond donors (Lipinski definition) is 1. The Labute approximate surface area is 189 Å². The lowest BCUT2D eigenvalue weighted by Crippen LogP contribution is -2.42. The summed E-state index contributed by atoms with van der Waals surface area (Å²) in [5.74, 6) is -1.20. The largest absolute Gasteiger partial charge is 0.375 e. The number of nitro benzene ring substituents is 1. The summed E-state index contributed by atoms with van der Waals surface area (Å²) >= 11 is 6.13. The van der Waals surface area contributed by atoms with Gasteiger partial charge in [-0.25, -0.2) is 0 Å². The second-order valence-electron chi connectivity index (χ2n) is 7.62. The van der Waals surface area contributed by atoms with Crippen LogP contribution in [0.1, 0.15) is 27.9 Å². The molecule has 0 aliphatic carbocycles. The highest BCUT2D eigenvalue weighted by molar-refractivity contribution is 6.31. The lowest BCUT2D eigenvalue weighted by molar-refractivity contribution is -0.384. The Morgan fingerprint density at radius 2 is 1.81 bits per heavy atom. The molecule has 0 bridgehead atoms. The van der Waals surface area contributed by atoms with E-state index in [2.05, 4.69) is 0 Å². The van der Waals surface area contributed by atoms with Crippen molar-refractivity contribution in [3.8, 4) is 0 Å². The van der Waals surface area contributed by atoms with Crippen LogP contribution in [0.15, 0.2) is 72.8 Å². The quantitative estimate of drug-likeness (QED) is 0.328. The van der Waals surface area contributed by atoms with Crippen molar-refractivity contribution >= 4 is 34.7 Å². The molecule has 1 aliphatic heterocycles. The monoisotopic (exact) mass is 450 g/mol. The Hall–Kier alpha value is -3.55. The van der Waals surface area contributed by atoms with Gasteiger partial charge in [-0.1, -0.05) is 54.1 Å². The highest BCUT2D eigenvalue weighted by Crippen LogP contribution is 2.44. The van der Waals surface area contributed by atoms with Crippen molar-refractivity contribution < 1.29 is 19.6 Å². The van der Waals surface area contributed by atoms with Crippen LogP contribution in [-0.2, 0) is 16.8 Å². The zero-order valence-corrected chi connectivity index (χ0v) is 17.7. The molecule has 32 heavy (non-hydrogen) atoms. The fourth-order valence-corrected chi connectivity index (χ4v) is 4.10. The minimum atomic E-state index is -2.11. The standard InChI is InChI=1S/C24H19ClN2O5/c25-18-9-10-21-20(14-18)24(30,15-22(28)17-7-4-8-19(13-17)27(31)32)23(29)26(21)12-11-16-5-2-1-3-6-16/h1-10,13-14,30H,11-12,15H2/t24-/m0/s1. The van der Waals surface area contributed by atoms with Crippen molar-refractivity contribution in [3.05, 3.63) is 105 Å². The number of carbonyl (C=O) groups is 2. The minimum absolute atomic E-state index is 0.0479. The van der Waals surface area contributed by atoms with Gasteiger partial charge in [0.25, 0.3) is 11.6 Å². The Kier molecular flexibility index (Phi) is 5.78. The van der Waals surface area contributed by atoms with Gasteiger partial charge in [0.05, 0.1) is 17.0 Å². The van der Waals surface area contributed by atoms with Gasteiger partial charge in [0.1, 0.15) is 0 Å². The molecule has 1 N–H and O–H groups in total. The maximum Gasteiger partial charge on any atom is 0.270 e. The molecule has 1 atom stereocenters. The zero-order chi connectivity index (χ0) is 22.9. The van der Waals surface area contributed by atoms with Crippen molar-refractivity contribution in [1.82, 2.24) is 0 Å². The van der Waals surface area contributed by atoms with Crippen molar-refractivity contribution in [2.75, 3.05) is 11.4 Å². The number of benzene rings is 3. The number of aliphatic hydroxyl groups is 1. The highest BCUT2D eigenvalue weighted by Gasteiger charge is 2.51. The molecule has 1 amide bonds. The minimum Gasteiger partial charge on any atom is -0.375 e. The predicted molar refractivity (Wildman–Crippen MR) is 120 cm³/mol. The molecule has 1 heterocycles. The van der Waals surface area contributed by atoms with Gasteiger partial charge in [0.15, 0.2) is 11.4 Å². The lowest BCUT2D eigenvalue weighted by atomic mass is 9.88. The number of amides is 1. The summed E-state index contributed by atoms with van der Waals surface area (Å²) in [7, 11) is 0. The first kappa shape index (κ1) is 21.7. The summed E-state index contributed by atoms with van der Waals surface area (Å²) < 4.78 is 0. The number of anilines is 1. The molecule has 0 saturated carbocycles. The topological polar surface area (TPSA) is 101 Å². The van der Waals surface area contributed by atoms with E-state index >= 15 is 0 Å². The van der Waals surface area contributed by atoms with Crippen LogP contribution in [0.5, 0.6) is 0 Å². The molecule has 162 valence electrons. The Balaban J connectivity index is 1.64. The number of rotatable bonds is 7. The van der Waals surface area contributed by atoms with E-state index in [1.54, 1.807) is 12.1 Å². The molecule has 8 heteroatoms. The number of hydrogen-bond acceptors (Lipinski definition) is 5. The molecule has 7 nitrogen and oxygen atoms in total. The van der Waals surface area contributed by atoms with Crippen LogP contribution in [0, 0.1) is 10.1 Å². The number of ketones is 1. The number of nitro groups is 1. The molecule has 0 saturated heterocycles. The summed E-state index contributed by atoms with van der Waals surface area (Å²) in [6, 6.07) is 19.6. The van der Waals surface area contributed by atoms with Crippen LogP contribution in [0.2, 0.25) is 5.02 Å². The Morgan fingerprint density at radius 1 is 1.06 bits per heavy atom. The van der Waals surface area contributed by atoms with Gasteiger partial charge in [-0.2, -0.15) is 0 Å². The smallest absolute Gasteiger partial charge is 0.270 e. The summed E-state index contributed by atoms with van der Waals surface area (Å²) in [5, 5.41) is 22.8. The van der Waals surface area contributed by atoms with Gasteiger partial charge < -0.3 is 10.0 Å². The average molecular weight is 451 g/mol. The van der Waals surface area contributed by atoms with Crippen molar-refractivity contribution in [1.29, 1.82) is 0 Å². The van der Waals surface area contributed by atoms with Gasteiger partial charge in [0.2, 0.25) is 0 Å². The average Bonchev–Trinajstić information content (AvgIpc) is 2.99. The normalized spacial score (nSPS) is 17.3. The summed E-state index contributed by atoms with van der Waals surface area (Å²) in [4.78, 5) is 38.1. The molecular weight excluding hydrogens is 432 g/mol. The third-order valence-electron chi connectivity index (χ3n) is 5.56. The van der Waals surface area contributed by atoms with E-state index in [1.165, 1.54) is 29.2 Å². The molecule has 0 spiro atoms. The number of nitrogens with zero attached hydrogens (tertiary/aromatic N) is 2. The highest BCUT2D eigenvalue weighted by atomic mass is 35.5. The molecule has 4 rings (SSSR count). The van der Waals surface area contributed by atoms with E-state index in [9.17, 15) is 24.8 Å². The zero-order valence-electron chi connectivity index (χ0n) is 16.9. The molecule has 3 aromatic rings. The number of carbonyl (C=O) groups excluding carboxylic acids is 2. The maximum absolute atomic E-state index is 13.3. The second kappa shape index (κ2) is 8.53. The lowest BCUT2D eigenvalue weighted by Gasteiger charge is -2.23. The first-order valence-corrected chi connectivity index (χ1v) is 10.3. The van der Waals surface area contributed by atoms with Gasteiger partial charge in [0, 0.05) is 34.8 Å². The molecule has 3 aromatic carbocycles. The molecule has 0 radical (unpaired) electrons. The van der Waals surface area contributed by atoms with Crippen LogP contribution in [0.25, 0.3) is 0 Å². The van der Waals surface area contributed by atoms with Crippen LogP contribution < -0.4 is 4.90 Å². The third kappa shape index (κ3) is 4.00. The summed E-state index contributed by atoms with van der Waals surface area (Å²) in [6.07, 6.45) is 0.00569. The first-order chi connectivity index (χ1) is 15.3. The fourth-order valence-electron chi connectivity index (χ4n) is 3.93. The van der Waals surface area contributed by atoms with Crippen LogP contribution in [0.4, 0.5) is 11.4 Å². The molecule has 0 unspecified atom stereocenters. The molecule has 0 aromatic heterocycles. The van der Waals surface area contributed by atoms with E-state index in [0.29, 0.717) is 23.7 Å².